The van der Waals surface area contributed by atoms with E-state index in [9.17, 15) is 27.7 Å². The SMILES string of the molecule is CCNc1cc(NCC(F)(F)C(F)F)cc([N+](=O)[O-])c1. The molecule has 0 aliphatic heterocycles. The van der Waals surface area contributed by atoms with Gasteiger partial charge in [0.05, 0.1) is 11.5 Å². The normalized spacial score (nSPS) is 11.5. The molecule has 1 aromatic carbocycles. The van der Waals surface area contributed by atoms with Crippen LogP contribution in [0.1, 0.15) is 6.92 Å². The van der Waals surface area contributed by atoms with Gasteiger partial charge in [0.25, 0.3) is 5.69 Å². The summed E-state index contributed by atoms with van der Waals surface area (Å²) in [5, 5.41) is 15.6. The molecule has 0 spiro atoms. The predicted octanol–water partition coefficient (Wildman–Crippen LogP) is 3.34. The third-order valence-corrected chi connectivity index (χ3v) is 2.36. The Morgan fingerprint density at radius 2 is 1.80 bits per heavy atom. The van der Waals surface area contributed by atoms with Crippen LogP contribution in [-0.2, 0) is 0 Å². The van der Waals surface area contributed by atoms with E-state index in [4.69, 9.17) is 0 Å². The number of benzene rings is 1. The molecular weight excluding hydrogens is 282 g/mol. The van der Waals surface area contributed by atoms with E-state index >= 15 is 0 Å². The maximum atomic E-state index is 12.8. The van der Waals surface area contributed by atoms with Crippen LogP contribution in [0.25, 0.3) is 0 Å². The number of anilines is 2. The molecule has 0 aromatic heterocycles. The maximum Gasteiger partial charge on any atom is 0.324 e. The van der Waals surface area contributed by atoms with Crippen LogP contribution in [-0.4, -0.2) is 30.4 Å². The number of nitro groups is 1. The van der Waals surface area contributed by atoms with Gasteiger partial charge in [0.2, 0.25) is 0 Å². The highest BCUT2D eigenvalue weighted by Gasteiger charge is 2.40. The molecule has 0 saturated heterocycles. The summed E-state index contributed by atoms with van der Waals surface area (Å²) in [5.41, 5.74) is -0.0219. The second-order valence-electron chi connectivity index (χ2n) is 3.97. The van der Waals surface area contributed by atoms with E-state index in [1.807, 2.05) is 0 Å². The van der Waals surface area contributed by atoms with Crippen molar-refractivity contribution in [1.29, 1.82) is 0 Å². The van der Waals surface area contributed by atoms with Crippen molar-refractivity contribution in [2.24, 2.45) is 0 Å². The molecule has 112 valence electrons. The van der Waals surface area contributed by atoms with Gasteiger partial charge in [-0.3, -0.25) is 10.1 Å². The van der Waals surface area contributed by atoms with Crippen LogP contribution >= 0.6 is 0 Å². The highest BCUT2D eigenvalue weighted by molar-refractivity contribution is 5.63. The lowest BCUT2D eigenvalue weighted by molar-refractivity contribution is -0.384. The van der Waals surface area contributed by atoms with E-state index in [1.54, 1.807) is 6.92 Å². The zero-order valence-electron chi connectivity index (χ0n) is 10.5. The van der Waals surface area contributed by atoms with Crippen molar-refractivity contribution in [2.45, 2.75) is 19.3 Å². The molecule has 0 amide bonds. The van der Waals surface area contributed by atoms with Crippen LogP contribution < -0.4 is 10.6 Å². The molecule has 0 aliphatic rings. The second-order valence-corrected chi connectivity index (χ2v) is 3.97. The van der Waals surface area contributed by atoms with E-state index in [0.29, 0.717) is 12.2 Å². The van der Waals surface area contributed by atoms with Gasteiger partial charge in [-0.25, -0.2) is 8.78 Å². The summed E-state index contributed by atoms with van der Waals surface area (Å²) in [5.74, 6) is -4.21. The van der Waals surface area contributed by atoms with Crippen molar-refractivity contribution in [3.05, 3.63) is 28.3 Å². The minimum Gasteiger partial charge on any atom is -0.385 e. The Morgan fingerprint density at radius 1 is 1.25 bits per heavy atom. The van der Waals surface area contributed by atoms with Crippen LogP contribution in [0.2, 0.25) is 0 Å². The molecule has 9 heteroatoms. The average molecular weight is 295 g/mol. The van der Waals surface area contributed by atoms with Gasteiger partial charge in [0, 0.05) is 30.1 Å². The highest BCUT2D eigenvalue weighted by atomic mass is 19.3. The zero-order valence-corrected chi connectivity index (χ0v) is 10.5. The van der Waals surface area contributed by atoms with Crippen molar-refractivity contribution in [2.75, 3.05) is 23.7 Å². The first-order valence-corrected chi connectivity index (χ1v) is 5.69. The van der Waals surface area contributed by atoms with Gasteiger partial charge in [0.15, 0.2) is 0 Å². The molecule has 0 atom stereocenters. The number of rotatable bonds is 7. The fourth-order valence-electron chi connectivity index (χ4n) is 1.42. The quantitative estimate of drug-likeness (QED) is 0.460. The van der Waals surface area contributed by atoms with Gasteiger partial charge < -0.3 is 10.6 Å². The van der Waals surface area contributed by atoms with E-state index < -0.39 is 23.8 Å². The van der Waals surface area contributed by atoms with Gasteiger partial charge in [-0.15, -0.1) is 0 Å². The summed E-state index contributed by atoms with van der Waals surface area (Å²) in [6.07, 6.45) is -3.80. The Morgan fingerprint density at radius 3 is 2.25 bits per heavy atom. The predicted molar refractivity (Wildman–Crippen MR) is 66.7 cm³/mol. The smallest absolute Gasteiger partial charge is 0.324 e. The van der Waals surface area contributed by atoms with Gasteiger partial charge in [-0.1, -0.05) is 0 Å². The Kier molecular flexibility index (Phi) is 5.12. The summed E-state index contributed by atoms with van der Waals surface area (Å²) >= 11 is 0. The summed E-state index contributed by atoms with van der Waals surface area (Å²) in [7, 11) is 0. The van der Waals surface area contributed by atoms with Gasteiger partial charge >= 0.3 is 12.3 Å². The number of non-ortho nitro benzene ring substituents is 1. The molecule has 0 aliphatic carbocycles. The molecule has 0 saturated carbocycles. The number of hydrogen-bond acceptors (Lipinski definition) is 4. The van der Waals surface area contributed by atoms with Crippen molar-refractivity contribution < 1.29 is 22.5 Å². The molecule has 0 radical (unpaired) electrons. The molecule has 0 bridgehead atoms. The fraction of sp³-hybridized carbons (Fsp3) is 0.455. The van der Waals surface area contributed by atoms with E-state index in [2.05, 4.69) is 10.6 Å². The molecule has 0 fully saturated rings. The number of halogens is 4. The summed E-state index contributed by atoms with van der Waals surface area (Å²) in [4.78, 5) is 10.0. The van der Waals surface area contributed by atoms with Crippen LogP contribution in [0, 0.1) is 10.1 Å². The fourth-order valence-corrected chi connectivity index (χ4v) is 1.42. The van der Waals surface area contributed by atoms with Crippen molar-refractivity contribution >= 4 is 17.1 Å². The lowest BCUT2D eigenvalue weighted by Crippen LogP contribution is -2.34. The van der Waals surface area contributed by atoms with E-state index in [-0.39, 0.29) is 11.4 Å². The summed E-state index contributed by atoms with van der Waals surface area (Å²) in [6.45, 7) is 0.905. The standard InChI is InChI=1S/C11H13F4N3O2/c1-2-16-7-3-8(5-9(4-7)18(19)20)17-6-11(14,15)10(12)13/h3-5,10,16-17H,2,6H2,1H3. The topological polar surface area (TPSA) is 67.2 Å². The van der Waals surface area contributed by atoms with Crippen LogP contribution in [0.3, 0.4) is 0 Å². The largest absolute Gasteiger partial charge is 0.385 e. The Labute approximate surface area is 112 Å². The highest BCUT2D eigenvalue weighted by Crippen LogP contribution is 2.27. The second kappa shape index (κ2) is 6.40. The van der Waals surface area contributed by atoms with Crippen molar-refractivity contribution in [1.82, 2.24) is 0 Å². The molecule has 1 rings (SSSR count). The lowest BCUT2D eigenvalue weighted by Gasteiger charge is -2.17. The minimum atomic E-state index is -4.21. The summed E-state index contributed by atoms with van der Waals surface area (Å²) < 4.78 is 49.6. The molecule has 2 N–H and O–H groups in total. The van der Waals surface area contributed by atoms with Crippen molar-refractivity contribution in [3.8, 4) is 0 Å². The van der Waals surface area contributed by atoms with Gasteiger partial charge in [-0.2, -0.15) is 8.78 Å². The summed E-state index contributed by atoms with van der Waals surface area (Å²) in [6, 6.07) is 3.56. The molecule has 1 aromatic rings. The third kappa shape index (κ3) is 4.25. The Bertz CT molecular complexity index is 483. The van der Waals surface area contributed by atoms with Crippen LogP contribution in [0.15, 0.2) is 18.2 Å². The third-order valence-electron chi connectivity index (χ3n) is 2.36. The Hall–Kier alpha value is -2.06. The first kappa shape index (κ1) is 16.0. The molecule has 5 nitrogen and oxygen atoms in total. The maximum absolute atomic E-state index is 12.8. The molecular formula is C11H13F4N3O2. The molecule has 20 heavy (non-hydrogen) atoms. The average Bonchev–Trinajstić information content (AvgIpc) is 2.36. The first-order chi connectivity index (χ1) is 9.26. The molecule has 0 heterocycles. The van der Waals surface area contributed by atoms with Crippen molar-refractivity contribution in [3.63, 3.8) is 0 Å². The van der Waals surface area contributed by atoms with Gasteiger partial charge in [0.1, 0.15) is 0 Å². The van der Waals surface area contributed by atoms with Gasteiger partial charge in [-0.05, 0) is 13.0 Å². The number of hydrogen-bond donors (Lipinski definition) is 2. The van der Waals surface area contributed by atoms with Crippen LogP contribution in [0.4, 0.5) is 34.6 Å². The number of nitrogens with zero attached hydrogens (tertiary/aromatic N) is 1. The molecule has 0 unspecified atom stereocenters. The minimum absolute atomic E-state index is 0.0320. The Balaban J connectivity index is 2.91. The van der Waals surface area contributed by atoms with Crippen LogP contribution in [0.5, 0.6) is 0 Å². The monoisotopic (exact) mass is 295 g/mol. The first-order valence-electron chi connectivity index (χ1n) is 5.69. The zero-order chi connectivity index (χ0) is 15.3. The lowest BCUT2D eigenvalue weighted by atomic mass is 10.2. The number of nitro benzene ring substituents is 1. The number of alkyl halides is 4. The van der Waals surface area contributed by atoms with E-state index in [0.717, 1.165) is 6.07 Å². The van der Waals surface area contributed by atoms with E-state index in [1.165, 1.54) is 12.1 Å². The number of nitrogens with one attached hydrogen (secondary N) is 2.